The molecule has 0 saturated carbocycles. The molecule has 1 aliphatic heterocycles. The Morgan fingerprint density at radius 2 is 2.29 bits per heavy atom. The zero-order chi connectivity index (χ0) is 9.97. The highest BCUT2D eigenvalue weighted by molar-refractivity contribution is 5.17. The van der Waals surface area contributed by atoms with Gasteiger partial charge in [0.2, 0.25) is 0 Å². The van der Waals surface area contributed by atoms with E-state index in [2.05, 4.69) is 29.1 Å². The zero-order valence-electron chi connectivity index (χ0n) is 9.06. The molecule has 2 N–H and O–H groups in total. The minimum absolute atomic E-state index is 0.486. The van der Waals surface area contributed by atoms with Crippen LogP contribution in [0, 0.1) is 6.92 Å². The van der Waals surface area contributed by atoms with E-state index in [0.29, 0.717) is 6.04 Å². The third kappa shape index (κ3) is 1.82. The molecule has 2 rings (SSSR count). The highest BCUT2D eigenvalue weighted by Crippen LogP contribution is 2.23. The predicted octanol–water partition coefficient (Wildman–Crippen LogP) is 2.10. The van der Waals surface area contributed by atoms with Crippen LogP contribution >= 0.6 is 0 Å². The van der Waals surface area contributed by atoms with Gasteiger partial charge in [0.05, 0.1) is 11.7 Å². The summed E-state index contributed by atoms with van der Waals surface area (Å²) in [5.41, 5.74) is 2.47. The van der Waals surface area contributed by atoms with Crippen molar-refractivity contribution in [2.75, 3.05) is 6.54 Å². The molecule has 1 aromatic rings. The fourth-order valence-corrected chi connectivity index (χ4v) is 2.13. The molecule has 2 heterocycles. The highest BCUT2D eigenvalue weighted by atomic mass is 15.0. The molecular formula is C11H19N3. The second-order valence-electron chi connectivity index (χ2n) is 4.05. The smallest absolute Gasteiger partial charge is 0.106 e. The van der Waals surface area contributed by atoms with Crippen molar-refractivity contribution in [1.82, 2.24) is 15.3 Å². The molecule has 3 heteroatoms. The molecule has 0 bridgehead atoms. The van der Waals surface area contributed by atoms with E-state index in [9.17, 15) is 0 Å². The van der Waals surface area contributed by atoms with Crippen molar-refractivity contribution >= 4 is 0 Å². The summed E-state index contributed by atoms with van der Waals surface area (Å²) >= 11 is 0. The van der Waals surface area contributed by atoms with E-state index < -0.39 is 0 Å². The number of hydrogen-bond donors (Lipinski definition) is 2. The van der Waals surface area contributed by atoms with Gasteiger partial charge in [0, 0.05) is 12.1 Å². The number of hydrogen-bond acceptors (Lipinski definition) is 2. The average molecular weight is 193 g/mol. The fraction of sp³-hybridized carbons (Fsp3) is 0.727. The Labute approximate surface area is 85.3 Å². The molecular weight excluding hydrogens is 174 g/mol. The van der Waals surface area contributed by atoms with Gasteiger partial charge in [0.15, 0.2) is 0 Å². The molecule has 0 spiro atoms. The number of aromatic nitrogens is 2. The molecule has 1 saturated heterocycles. The Morgan fingerprint density at radius 3 is 2.86 bits per heavy atom. The Kier molecular flexibility index (Phi) is 2.87. The van der Waals surface area contributed by atoms with Crippen LogP contribution in [-0.2, 0) is 6.42 Å². The van der Waals surface area contributed by atoms with E-state index in [1.165, 1.54) is 30.7 Å². The van der Waals surface area contributed by atoms with Crippen molar-refractivity contribution in [2.24, 2.45) is 0 Å². The first kappa shape index (κ1) is 9.71. The van der Waals surface area contributed by atoms with Gasteiger partial charge >= 0.3 is 0 Å². The van der Waals surface area contributed by atoms with Gasteiger partial charge in [0.25, 0.3) is 0 Å². The van der Waals surface area contributed by atoms with Crippen molar-refractivity contribution in [2.45, 2.75) is 45.6 Å². The molecule has 0 amide bonds. The second kappa shape index (κ2) is 4.13. The largest absolute Gasteiger partial charge is 0.346 e. The quantitative estimate of drug-likeness (QED) is 0.755. The molecule has 78 valence electrons. The van der Waals surface area contributed by atoms with Gasteiger partial charge in [-0.3, -0.25) is 0 Å². The summed E-state index contributed by atoms with van der Waals surface area (Å²) < 4.78 is 0. The Balaban J connectivity index is 2.17. The van der Waals surface area contributed by atoms with Crippen LogP contribution in [0.5, 0.6) is 0 Å². The van der Waals surface area contributed by atoms with E-state index in [1.807, 2.05) is 0 Å². The molecule has 0 aromatic carbocycles. The lowest BCUT2D eigenvalue weighted by Gasteiger charge is -2.22. The van der Waals surface area contributed by atoms with E-state index in [1.54, 1.807) is 0 Å². The SMILES string of the molecule is CCc1nc(C2CCCCN2)c(C)[nH]1. The van der Waals surface area contributed by atoms with E-state index >= 15 is 0 Å². The zero-order valence-corrected chi connectivity index (χ0v) is 9.06. The summed E-state index contributed by atoms with van der Waals surface area (Å²) in [6.07, 6.45) is 4.86. The number of H-pyrrole nitrogens is 1. The van der Waals surface area contributed by atoms with Crippen LogP contribution in [0.4, 0.5) is 0 Å². The third-order valence-electron chi connectivity index (χ3n) is 2.95. The lowest BCUT2D eigenvalue weighted by molar-refractivity contribution is 0.404. The topological polar surface area (TPSA) is 40.7 Å². The van der Waals surface area contributed by atoms with Crippen LogP contribution in [0.1, 0.15) is 49.4 Å². The van der Waals surface area contributed by atoms with Gasteiger partial charge < -0.3 is 10.3 Å². The van der Waals surface area contributed by atoms with E-state index in [4.69, 9.17) is 0 Å². The molecule has 1 aliphatic rings. The monoisotopic (exact) mass is 193 g/mol. The van der Waals surface area contributed by atoms with Gasteiger partial charge in [-0.2, -0.15) is 0 Å². The number of nitrogens with one attached hydrogen (secondary N) is 2. The number of imidazole rings is 1. The van der Waals surface area contributed by atoms with E-state index in [0.717, 1.165) is 18.8 Å². The van der Waals surface area contributed by atoms with Crippen molar-refractivity contribution in [1.29, 1.82) is 0 Å². The summed E-state index contributed by atoms with van der Waals surface area (Å²) in [6, 6.07) is 0.486. The highest BCUT2D eigenvalue weighted by Gasteiger charge is 2.19. The molecule has 1 unspecified atom stereocenters. The second-order valence-corrected chi connectivity index (χ2v) is 4.05. The maximum atomic E-state index is 4.63. The Bertz CT molecular complexity index is 297. The first-order valence-corrected chi connectivity index (χ1v) is 5.60. The normalized spacial score (nSPS) is 22.6. The van der Waals surface area contributed by atoms with E-state index in [-0.39, 0.29) is 0 Å². The Hall–Kier alpha value is -0.830. The number of nitrogens with zero attached hydrogens (tertiary/aromatic N) is 1. The summed E-state index contributed by atoms with van der Waals surface area (Å²) in [4.78, 5) is 7.97. The van der Waals surface area contributed by atoms with Crippen LogP contribution in [0.25, 0.3) is 0 Å². The van der Waals surface area contributed by atoms with Crippen molar-refractivity contribution in [3.05, 3.63) is 17.2 Å². The van der Waals surface area contributed by atoms with Crippen LogP contribution < -0.4 is 5.32 Å². The van der Waals surface area contributed by atoms with Gasteiger partial charge in [-0.05, 0) is 26.3 Å². The molecule has 14 heavy (non-hydrogen) atoms. The van der Waals surface area contributed by atoms with Crippen molar-refractivity contribution < 1.29 is 0 Å². The van der Waals surface area contributed by atoms with Crippen molar-refractivity contribution in [3.63, 3.8) is 0 Å². The van der Waals surface area contributed by atoms with Crippen LogP contribution in [0.15, 0.2) is 0 Å². The minimum atomic E-state index is 0.486. The average Bonchev–Trinajstić information content (AvgIpc) is 2.61. The lowest BCUT2D eigenvalue weighted by atomic mass is 10.0. The maximum absolute atomic E-state index is 4.63. The van der Waals surface area contributed by atoms with Gasteiger partial charge in [-0.1, -0.05) is 13.3 Å². The maximum Gasteiger partial charge on any atom is 0.106 e. The summed E-state index contributed by atoms with van der Waals surface area (Å²) in [7, 11) is 0. The predicted molar refractivity (Wildman–Crippen MR) is 57.3 cm³/mol. The molecule has 3 nitrogen and oxygen atoms in total. The molecule has 0 aliphatic carbocycles. The molecule has 0 radical (unpaired) electrons. The van der Waals surface area contributed by atoms with Gasteiger partial charge in [-0.25, -0.2) is 4.98 Å². The Morgan fingerprint density at radius 1 is 1.43 bits per heavy atom. The lowest BCUT2D eigenvalue weighted by Crippen LogP contribution is -2.27. The number of aromatic amines is 1. The van der Waals surface area contributed by atoms with Crippen LogP contribution in [0.3, 0.4) is 0 Å². The molecule has 1 aromatic heterocycles. The summed E-state index contributed by atoms with van der Waals surface area (Å²) in [5, 5.41) is 3.53. The van der Waals surface area contributed by atoms with Crippen LogP contribution in [-0.4, -0.2) is 16.5 Å². The number of piperidine rings is 1. The van der Waals surface area contributed by atoms with Gasteiger partial charge in [-0.15, -0.1) is 0 Å². The van der Waals surface area contributed by atoms with Gasteiger partial charge in [0.1, 0.15) is 5.82 Å². The number of rotatable bonds is 2. The first-order valence-electron chi connectivity index (χ1n) is 5.60. The molecule has 1 fully saturated rings. The third-order valence-corrected chi connectivity index (χ3v) is 2.95. The fourth-order valence-electron chi connectivity index (χ4n) is 2.13. The summed E-state index contributed by atoms with van der Waals surface area (Å²) in [6.45, 7) is 5.40. The number of aryl methyl sites for hydroxylation is 2. The summed E-state index contributed by atoms with van der Waals surface area (Å²) in [5.74, 6) is 1.12. The minimum Gasteiger partial charge on any atom is -0.346 e. The first-order chi connectivity index (χ1) is 6.81. The van der Waals surface area contributed by atoms with Crippen molar-refractivity contribution in [3.8, 4) is 0 Å². The molecule has 1 atom stereocenters. The van der Waals surface area contributed by atoms with Crippen LogP contribution in [0.2, 0.25) is 0 Å². The standard InChI is InChI=1S/C11H19N3/c1-3-10-13-8(2)11(14-10)9-6-4-5-7-12-9/h9,12H,3-7H2,1-2H3,(H,13,14).